The molecule has 0 unspecified atom stereocenters. The summed E-state index contributed by atoms with van der Waals surface area (Å²) in [5, 5.41) is 13.1. The first-order valence-electron chi connectivity index (χ1n) is 4.55. The van der Waals surface area contributed by atoms with Crippen molar-refractivity contribution in [2.75, 3.05) is 6.61 Å². The second-order valence-corrected chi connectivity index (χ2v) is 3.10. The van der Waals surface area contributed by atoms with Gasteiger partial charge in [-0.2, -0.15) is 5.10 Å². The zero-order chi connectivity index (χ0) is 9.68. The Hall–Kier alpha value is -1.03. The average Bonchev–Trinajstić information content (AvgIpc) is 2.50. The molecule has 1 atom stereocenters. The van der Waals surface area contributed by atoms with Gasteiger partial charge in [0.05, 0.1) is 18.5 Å². The molecule has 1 rings (SSSR count). The zero-order valence-electron chi connectivity index (χ0n) is 8.10. The van der Waals surface area contributed by atoms with Crippen LogP contribution in [0.15, 0.2) is 12.4 Å². The number of hydrogen-bond acceptors (Lipinski definition) is 3. The third-order valence-corrected chi connectivity index (χ3v) is 1.55. The third-order valence-electron chi connectivity index (χ3n) is 1.55. The molecule has 1 aromatic heterocycles. The maximum atomic E-state index is 8.97. The van der Waals surface area contributed by atoms with Crippen LogP contribution < -0.4 is 4.74 Å². The fourth-order valence-electron chi connectivity index (χ4n) is 0.987. The van der Waals surface area contributed by atoms with E-state index < -0.39 is 6.10 Å². The lowest BCUT2D eigenvalue weighted by Crippen LogP contribution is -2.12. The van der Waals surface area contributed by atoms with E-state index in [1.165, 1.54) is 0 Å². The Bertz CT molecular complexity index is 246. The van der Waals surface area contributed by atoms with Crippen molar-refractivity contribution in [1.82, 2.24) is 9.78 Å². The summed E-state index contributed by atoms with van der Waals surface area (Å²) in [5.41, 5.74) is 0. The highest BCUT2D eigenvalue weighted by molar-refractivity contribution is 5.11. The summed E-state index contributed by atoms with van der Waals surface area (Å²) in [7, 11) is 0. The van der Waals surface area contributed by atoms with Gasteiger partial charge in [-0.25, -0.2) is 0 Å². The molecular formula is C9H16N2O2. The minimum Gasteiger partial charge on any atom is -0.488 e. The fraction of sp³-hybridized carbons (Fsp3) is 0.667. The minimum absolute atomic E-state index is 0.317. The first-order valence-corrected chi connectivity index (χ1v) is 4.55. The van der Waals surface area contributed by atoms with E-state index in [0.29, 0.717) is 12.4 Å². The van der Waals surface area contributed by atoms with Crippen LogP contribution in [0.3, 0.4) is 0 Å². The molecule has 0 aromatic carbocycles. The van der Waals surface area contributed by atoms with Crippen LogP contribution in [0.25, 0.3) is 0 Å². The van der Waals surface area contributed by atoms with Gasteiger partial charge in [-0.1, -0.05) is 6.92 Å². The molecule has 0 radical (unpaired) electrons. The van der Waals surface area contributed by atoms with Crippen molar-refractivity contribution < 1.29 is 9.84 Å². The molecule has 0 saturated carbocycles. The molecule has 0 amide bonds. The first kappa shape index (κ1) is 10.1. The summed E-state index contributed by atoms with van der Waals surface area (Å²) in [6.07, 6.45) is 4.12. The van der Waals surface area contributed by atoms with Crippen molar-refractivity contribution in [3.05, 3.63) is 12.4 Å². The van der Waals surface area contributed by atoms with Gasteiger partial charge in [0.15, 0.2) is 5.75 Å². The Labute approximate surface area is 78.1 Å². The maximum Gasteiger partial charge on any atom is 0.157 e. The lowest BCUT2D eigenvalue weighted by Gasteiger charge is -2.04. The van der Waals surface area contributed by atoms with Crippen LogP contribution in [0, 0.1) is 0 Å². The number of rotatable bonds is 5. The van der Waals surface area contributed by atoms with Crippen LogP contribution >= 0.6 is 0 Å². The Morgan fingerprint density at radius 3 is 3.08 bits per heavy atom. The molecule has 4 nitrogen and oxygen atoms in total. The molecule has 0 fully saturated rings. The van der Waals surface area contributed by atoms with E-state index in [4.69, 9.17) is 9.84 Å². The SMILES string of the molecule is CCCn1cc(OC[C@@H](C)O)cn1. The van der Waals surface area contributed by atoms with Gasteiger partial charge in [0.1, 0.15) is 6.61 Å². The van der Waals surface area contributed by atoms with E-state index >= 15 is 0 Å². The number of aliphatic hydroxyl groups excluding tert-OH is 1. The quantitative estimate of drug-likeness (QED) is 0.744. The van der Waals surface area contributed by atoms with Gasteiger partial charge < -0.3 is 9.84 Å². The lowest BCUT2D eigenvalue weighted by molar-refractivity contribution is 0.122. The van der Waals surface area contributed by atoms with Crippen molar-refractivity contribution >= 4 is 0 Å². The minimum atomic E-state index is -0.436. The first-order chi connectivity index (χ1) is 6.22. The van der Waals surface area contributed by atoms with Gasteiger partial charge >= 0.3 is 0 Å². The van der Waals surface area contributed by atoms with Crippen LogP contribution in [-0.4, -0.2) is 27.6 Å². The number of nitrogens with zero attached hydrogens (tertiary/aromatic N) is 2. The normalized spacial score (nSPS) is 12.8. The molecule has 0 saturated heterocycles. The van der Waals surface area contributed by atoms with Gasteiger partial charge in [0.25, 0.3) is 0 Å². The van der Waals surface area contributed by atoms with E-state index in [0.717, 1.165) is 13.0 Å². The zero-order valence-corrected chi connectivity index (χ0v) is 8.10. The highest BCUT2D eigenvalue weighted by Crippen LogP contribution is 2.08. The standard InChI is InChI=1S/C9H16N2O2/c1-3-4-11-6-9(5-10-11)13-7-8(2)12/h5-6,8,12H,3-4,7H2,1-2H3/t8-/m1/s1. The lowest BCUT2D eigenvalue weighted by atomic mass is 10.4. The predicted molar refractivity (Wildman–Crippen MR) is 49.7 cm³/mol. The van der Waals surface area contributed by atoms with Gasteiger partial charge in [-0.3, -0.25) is 4.68 Å². The van der Waals surface area contributed by atoms with Crippen LogP contribution in [0.5, 0.6) is 5.75 Å². The maximum absolute atomic E-state index is 8.97. The van der Waals surface area contributed by atoms with Gasteiger partial charge in [0.2, 0.25) is 0 Å². The predicted octanol–water partition coefficient (Wildman–Crippen LogP) is 1.05. The summed E-state index contributed by atoms with van der Waals surface area (Å²) in [5.74, 6) is 0.717. The van der Waals surface area contributed by atoms with Crippen molar-refractivity contribution in [2.24, 2.45) is 0 Å². The van der Waals surface area contributed by atoms with Gasteiger partial charge in [-0.15, -0.1) is 0 Å². The van der Waals surface area contributed by atoms with Crippen molar-refractivity contribution in [1.29, 1.82) is 0 Å². The molecule has 13 heavy (non-hydrogen) atoms. The number of aromatic nitrogens is 2. The molecule has 0 spiro atoms. The summed E-state index contributed by atoms with van der Waals surface area (Å²) < 4.78 is 7.09. The van der Waals surface area contributed by atoms with Crippen LogP contribution in [-0.2, 0) is 6.54 Å². The molecule has 4 heteroatoms. The molecular weight excluding hydrogens is 168 g/mol. The number of ether oxygens (including phenoxy) is 1. The van der Waals surface area contributed by atoms with Crippen molar-refractivity contribution in [2.45, 2.75) is 32.9 Å². The molecule has 0 aliphatic rings. The summed E-state index contributed by atoms with van der Waals surface area (Å²) in [6, 6.07) is 0. The van der Waals surface area contributed by atoms with Crippen LogP contribution in [0.1, 0.15) is 20.3 Å². The molecule has 1 N–H and O–H groups in total. The number of aryl methyl sites for hydroxylation is 1. The Kier molecular flexibility index (Phi) is 3.76. The summed E-state index contributed by atoms with van der Waals surface area (Å²) in [6.45, 7) is 5.00. The van der Waals surface area contributed by atoms with Crippen molar-refractivity contribution in [3.63, 3.8) is 0 Å². The van der Waals surface area contributed by atoms with Gasteiger partial charge in [-0.05, 0) is 13.3 Å². The smallest absolute Gasteiger partial charge is 0.157 e. The molecule has 0 aliphatic heterocycles. The second-order valence-electron chi connectivity index (χ2n) is 3.10. The van der Waals surface area contributed by atoms with Crippen LogP contribution in [0.4, 0.5) is 0 Å². The third kappa shape index (κ3) is 3.46. The van der Waals surface area contributed by atoms with Crippen molar-refractivity contribution in [3.8, 4) is 5.75 Å². The highest BCUT2D eigenvalue weighted by atomic mass is 16.5. The van der Waals surface area contributed by atoms with E-state index in [9.17, 15) is 0 Å². The monoisotopic (exact) mass is 184 g/mol. The number of hydrogen-bond donors (Lipinski definition) is 1. The van der Waals surface area contributed by atoms with Gasteiger partial charge in [0, 0.05) is 6.54 Å². The van der Waals surface area contributed by atoms with E-state index in [-0.39, 0.29) is 0 Å². The fourth-order valence-corrected chi connectivity index (χ4v) is 0.987. The molecule has 0 bridgehead atoms. The average molecular weight is 184 g/mol. The number of aliphatic hydroxyl groups is 1. The topological polar surface area (TPSA) is 47.3 Å². The largest absolute Gasteiger partial charge is 0.488 e. The van der Waals surface area contributed by atoms with E-state index in [1.54, 1.807) is 13.1 Å². The second kappa shape index (κ2) is 4.87. The Balaban J connectivity index is 2.39. The molecule has 74 valence electrons. The molecule has 0 aliphatic carbocycles. The molecule has 1 aromatic rings. The Morgan fingerprint density at radius 1 is 1.69 bits per heavy atom. The highest BCUT2D eigenvalue weighted by Gasteiger charge is 2.00. The Morgan fingerprint density at radius 2 is 2.46 bits per heavy atom. The summed E-state index contributed by atoms with van der Waals surface area (Å²) in [4.78, 5) is 0. The van der Waals surface area contributed by atoms with Crippen LogP contribution in [0.2, 0.25) is 0 Å². The van der Waals surface area contributed by atoms with E-state index in [2.05, 4.69) is 12.0 Å². The van der Waals surface area contributed by atoms with E-state index in [1.807, 2.05) is 10.9 Å². The molecule has 1 heterocycles. The summed E-state index contributed by atoms with van der Waals surface area (Å²) >= 11 is 0.